The zero-order valence-electron chi connectivity index (χ0n) is 13.8. The van der Waals surface area contributed by atoms with Crippen molar-refractivity contribution in [2.75, 3.05) is 31.6 Å². The highest BCUT2D eigenvalue weighted by molar-refractivity contribution is 7.99. The fourth-order valence-electron chi connectivity index (χ4n) is 3.61. The average Bonchev–Trinajstić information content (AvgIpc) is 3.08. The van der Waals surface area contributed by atoms with Crippen LogP contribution in [0.5, 0.6) is 0 Å². The van der Waals surface area contributed by atoms with E-state index in [-0.39, 0.29) is 5.91 Å². The van der Waals surface area contributed by atoms with Gasteiger partial charge < -0.3 is 10.4 Å². The maximum atomic E-state index is 12.2. The van der Waals surface area contributed by atoms with Crippen molar-refractivity contribution in [2.24, 2.45) is 0 Å². The van der Waals surface area contributed by atoms with Crippen LogP contribution in [0.15, 0.2) is 24.3 Å². The summed E-state index contributed by atoms with van der Waals surface area (Å²) in [7, 11) is 2.01. The van der Waals surface area contributed by atoms with Crippen LogP contribution < -0.4 is 5.32 Å². The van der Waals surface area contributed by atoms with E-state index >= 15 is 0 Å². The topological polar surface area (TPSA) is 52.6 Å². The molecule has 1 aromatic carbocycles. The monoisotopic (exact) mass is 334 g/mol. The molecular formula is C18H26N2O2S. The molecule has 1 saturated heterocycles. The van der Waals surface area contributed by atoms with Gasteiger partial charge in [0.1, 0.15) is 5.60 Å². The number of amides is 1. The van der Waals surface area contributed by atoms with Crippen LogP contribution in [0.25, 0.3) is 0 Å². The van der Waals surface area contributed by atoms with E-state index in [0.717, 1.165) is 30.6 Å². The molecule has 1 aromatic rings. The van der Waals surface area contributed by atoms with Crippen LogP contribution in [0.3, 0.4) is 0 Å². The third-order valence-corrected chi connectivity index (χ3v) is 6.20. The molecule has 0 radical (unpaired) electrons. The first-order valence-corrected chi connectivity index (χ1v) is 9.59. The lowest BCUT2D eigenvalue weighted by molar-refractivity contribution is -0.123. The van der Waals surface area contributed by atoms with Gasteiger partial charge in [0.05, 0.1) is 13.1 Å². The molecule has 1 amide bonds. The summed E-state index contributed by atoms with van der Waals surface area (Å²) in [5.74, 6) is 2.30. The number of aliphatic hydroxyl groups is 1. The van der Waals surface area contributed by atoms with Gasteiger partial charge in [-0.3, -0.25) is 9.69 Å². The maximum absolute atomic E-state index is 12.2. The predicted molar refractivity (Wildman–Crippen MR) is 94.6 cm³/mol. The molecule has 2 unspecified atom stereocenters. The molecule has 126 valence electrons. The molecule has 5 heteroatoms. The van der Waals surface area contributed by atoms with Crippen molar-refractivity contribution in [1.29, 1.82) is 0 Å². The number of hydrogen-bond acceptors (Lipinski definition) is 4. The van der Waals surface area contributed by atoms with Crippen LogP contribution in [0.2, 0.25) is 0 Å². The van der Waals surface area contributed by atoms with E-state index < -0.39 is 5.60 Å². The van der Waals surface area contributed by atoms with E-state index in [0.29, 0.717) is 25.6 Å². The van der Waals surface area contributed by atoms with E-state index in [2.05, 4.69) is 16.3 Å². The normalized spacial score (nSPS) is 27.0. The molecule has 1 aliphatic heterocycles. The largest absolute Gasteiger partial charge is 0.383 e. The van der Waals surface area contributed by atoms with Crippen LogP contribution in [0.1, 0.15) is 30.4 Å². The van der Waals surface area contributed by atoms with Gasteiger partial charge in [0.2, 0.25) is 5.91 Å². The molecule has 0 saturated carbocycles. The lowest BCUT2D eigenvalue weighted by atomic mass is 9.79. The van der Waals surface area contributed by atoms with Crippen molar-refractivity contribution in [2.45, 2.75) is 37.3 Å². The fraction of sp³-hybridized carbons (Fsp3) is 0.611. The lowest BCUT2D eigenvalue weighted by Gasteiger charge is -2.35. The number of hydrogen-bond donors (Lipinski definition) is 2. The van der Waals surface area contributed by atoms with E-state index in [9.17, 15) is 9.90 Å². The predicted octanol–water partition coefficient (Wildman–Crippen LogP) is 1.76. The zero-order chi connectivity index (χ0) is 16.3. The highest BCUT2D eigenvalue weighted by Gasteiger charge is 2.34. The number of aryl methyl sites for hydroxylation is 1. The molecule has 1 aliphatic carbocycles. The van der Waals surface area contributed by atoms with Crippen LogP contribution in [0, 0.1) is 0 Å². The van der Waals surface area contributed by atoms with Gasteiger partial charge in [-0.1, -0.05) is 24.3 Å². The molecular weight excluding hydrogens is 308 g/mol. The Bertz CT molecular complexity index is 560. The number of carbonyl (C=O) groups is 1. The zero-order valence-corrected chi connectivity index (χ0v) is 14.6. The number of nitrogens with one attached hydrogen (secondary N) is 1. The van der Waals surface area contributed by atoms with Crippen LogP contribution in [0.4, 0.5) is 0 Å². The van der Waals surface area contributed by atoms with Crippen molar-refractivity contribution in [3.63, 3.8) is 0 Å². The van der Waals surface area contributed by atoms with Gasteiger partial charge in [-0.05, 0) is 49.6 Å². The van der Waals surface area contributed by atoms with Gasteiger partial charge >= 0.3 is 0 Å². The van der Waals surface area contributed by atoms with Crippen molar-refractivity contribution < 1.29 is 9.90 Å². The van der Waals surface area contributed by atoms with Gasteiger partial charge in [0, 0.05) is 11.8 Å². The number of likely N-dealkylation sites (N-methyl/N-ethyl adjacent to an activating group) is 1. The minimum atomic E-state index is -0.924. The van der Waals surface area contributed by atoms with E-state index in [4.69, 9.17) is 0 Å². The molecule has 2 N–H and O–H groups in total. The Labute approximate surface area is 142 Å². The number of benzene rings is 1. The van der Waals surface area contributed by atoms with Crippen molar-refractivity contribution in [3.05, 3.63) is 35.4 Å². The smallest absolute Gasteiger partial charge is 0.234 e. The first-order valence-electron chi connectivity index (χ1n) is 8.44. The Hall–Kier alpha value is -1.04. The molecule has 3 rings (SSSR count). The summed E-state index contributed by atoms with van der Waals surface area (Å²) < 4.78 is 0. The van der Waals surface area contributed by atoms with E-state index in [1.165, 1.54) is 11.3 Å². The highest BCUT2D eigenvalue weighted by Crippen LogP contribution is 2.34. The average molecular weight is 334 g/mol. The number of fused-ring (bicyclic) bond motifs is 1. The Morgan fingerprint density at radius 1 is 1.48 bits per heavy atom. The fourth-order valence-corrected chi connectivity index (χ4v) is 4.91. The van der Waals surface area contributed by atoms with Gasteiger partial charge in [0.25, 0.3) is 0 Å². The van der Waals surface area contributed by atoms with Crippen LogP contribution in [-0.4, -0.2) is 53.6 Å². The van der Waals surface area contributed by atoms with Gasteiger partial charge in [0.15, 0.2) is 0 Å². The summed E-state index contributed by atoms with van der Waals surface area (Å²) >= 11 is 1.95. The Kier molecular flexibility index (Phi) is 5.29. The summed E-state index contributed by atoms with van der Waals surface area (Å²) in [5, 5.41) is 13.9. The molecule has 0 aromatic heterocycles. The second-order valence-corrected chi connectivity index (χ2v) is 7.90. The van der Waals surface area contributed by atoms with Crippen molar-refractivity contribution in [3.8, 4) is 0 Å². The number of thioether (sulfide) groups is 1. The summed E-state index contributed by atoms with van der Waals surface area (Å²) in [6.07, 6.45) is 3.84. The second kappa shape index (κ2) is 7.24. The maximum Gasteiger partial charge on any atom is 0.234 e. The van der Waals surface area contributed by atoms with Crippen molar-refractivity contribution >= 4 is 17.7 Å². The summed E-state index contributed by atoms with van der Waals surface area (Å²) in [6, 6.07) is 8.54. The van der Waals surface area contributed by atoms with Gasteiger partial charge in [-0.25, -0.2) is 0 Å². The third kappa shape index (κ3) is 3.90. The minimum absolute atomic E-state index is 0.000814. The molecule has 23 heavy (non-hydrogen) atoms. The molecule has 0 spiro atoms. The lowest BCUT2D eigenvalue weighted by Crippen LogP contribution is -2.46. The molecule has 2 aliphatic rings. The molecule has 0 bridgehead atoms. The SMILES string of the molecule is CN(CC(=O)NCC1(O)CCCc2ccccc21)C1CCSC1. The molecule has 4 nitrogen and oxygen atoms in total. The Morgan fingerprint density at radius 2 is 2.30 bits per heavy atom. The number of nitrogens with zero attached hydrogens (tertiary/aromatic N) is 1. The van der Waals surface area contributed by atoms with E-state index in [1.54, 1.807) is 0 Å². The number of rotatable bonds is 5. The van der Waals surface area contributed by atoms with Crippen LogP contribution in [-0.2, 0) is 16.8 Å². The van der Waals surface area contributed by atoms with Gasteiger partial charge in [-0.15, -0.1) is 0 Å². The Morgan fingerprint density at radius 3 is 3.09 bits per heavy atom. The molecule has 1 heterocycles. The van der Waals surface area contributed by atoms with E-state index in [1.807, 2.05) is 37.0 Å². The van der Waals surface area contributed by atoms with Crippen LogP contribution >= 0.6 is 11.8 Å². The minimum Gasteiger partial charge on any atom is -0.383 e. The summed E-state index contributed by atoms with van der Waals surface area (Å²) in [5.41, 5.74) is 1.26. The quantitative estimate of drug-likeness (QED) is 0.862. The number of carbonyl (C=O) groups excluding carboxylic acids is 1. The molecule has 2 atom stereocenters. The standard InChI is InChI=1S/C18H26N2O2S/c1-20(15-8-10-23-12-15)11-17(21)19-13-18(22)9-4-6-14-5-2-3-7-16(14)18/h2-3,5,7,15,22H,4,6,8-13H2,1H3,(H,19,21). The summed E-state index contributed by atoms with van der Waals surface area (Å²) in [4.78, 5) is 14.4. The van der Waals surface area contributed by atoms with Crippen molar-refractivity contribution in [1.82, 2.24) is 10.2 Å². The first-order chi connectivity index (χ1) is 11.1. The third-order valence-electron chi connectivity index (χ3n) is 5.06. The Balaban J connectivity index is 1.56. The van der Waals surface area contributed by atoms with Gasteiger partial charge in [-0.2, -0.15) is 11.8 Å². The molecule has 1 fully saturated rings. The first kappa shape index (κ1) is 16.8. The summed E-state index contributed by atoms with van der Waals surface area (Å²) in [6.45, 7) is 0.707. The second-order valence-electron chi connectivity index (χ2n) is 6.75. The highest BCUT2D eigenvalue weighted by atomic mass is 32.2.